The molecule has 0 aliphatic heterocycles. The zero-order valence-electron chi connectivity index (χ0n) is 15.0. The van der Waals surface area contributed by atoms with Crippen LogP contribution in [0.3, 0.4) is 0 Å². The lowest BCUT2D eigenvalue weighted by Gasteiger charge is -2.25. The summed E-state index contributed by atoms with van der Waals surface area (Å²) in [5, 5.41) is 13.4. The summed E-state index contributed by atoms with van der Waals surface area (Å²) in [7, 11) is 3.80. The van der Waals surface area contributed by atoms with Gasteiger partial charge in [-0.25, -0.2) is 4.39 Å². The first kappa shape index (κ1) is 19.5. The van der Waals surface area contributed by atoms with Crippen molar-refractivity contribution in [3.63, 3.8) is 0 Å². The van der Waals surface area contributed by atoms with Gasteiger partial charge in [-0.3, -0.25) is 14.9 Å². The van der Waals surface area contributed by atoms with E-state index in [1.165, 1.54) is 5.56 Å². The van der Waals surface area contributed by atoms with Gasteiger partial charge in [0.1, 0.15) is 5.82 Å². The van der Waals surface area contributed by atoms with Crippen LogP contribution in [0.4, 0.5) is 10.1 Å². The Labute approximate surface area is 151 Å². The highest BCUT2D eigenvalue weighted by Gasteiger charge is 2.19. The van der Waals surface area contributed by atoms with E-state index in [9.17, 15) is 19.3 Å². The van der Waals surface area contributed by atoms with E-state index < -0.39 is 16.6 Å². The maximum atomic E-state index is 14.0. The van der Waals surface area contributed by atoms with Crippen LogP contribution in [0, 0.1) is 15.9 Å². The third-order valence-corrected chi connectivity index (χ3v) is 4.26. The molecule has 2 aromatic carbocycles. The predicted octanol–water partition coefficient (Wildman–Crippen LogP) is 3.33. The molecule has 0 aliphatic rings. The monoisotopic (exact) mass is 359 g/mol. The number of nitro benzene ring substituents is 1. The molecule has 0 aromatic heterocycles. The van der Waals surface area contributed by atoms with Gasteiger partial charge in [0.25, 0.3) is 11.6 Å². The summed E-state index contributed by atoms with van der Waals surface area (Å²) >= 11 is 0. The predicted molar refractivity (Wildman–Crippen MR) is 97.6 cm³/mol. The Kier molecular flexibility index (Phi) is 6.41. The third-order valence-electron chi connectivity index (χ3n) is 4.26. The lowest BCUT2D eigenvalue weighted by Crippen LogP contribution is -2.34. The molecule has 1 unspecified atom stereocenters. The molecule has 6 nitrogen and oxygen atoms in total. The molecule has 0 saturated heterocycles. The number of carbonyl (C=O) groups excluding carboxylic acids is 1. The van der Waals surface area contributed by atoms with Crippen LogP contribution in [0.15, 0.2) is 42.5 Å². The number of hydrogen-bond acceptors (Lipinski definition) is 4. The summed E-state index contributed by atoms with van der Waals surface area (Å²) < 4.78 is 14.0. The van der Waals surface area contributed by atoms with E-state index in [0.29, 0.717) is 0 Å². The fraction of sp³-hybridized carbons (Fsp3) is 0.316. The molecule has 0 bridgehead atoms. The van der Waals surface area contributed by atoms with E-state index in [1.807, 2.05) is 43.3 Å². The average molecular weight is 359 g/mol. The lowest BCUT2D eigenvalue weighted by molar-refractivity contribution is -0.385. The van der Waals surface area contributed by atoms with Gasteiger partial charge in [-0.05, 0) is 37.7 Å². The largest absolute Gasteiger partial charge is 0.350 e. The second-order valence-corrected chi connectivity index (χ2v) is 6.21. The number of nitro groups is 1. The summed E-state index contributed by atoms with van der Waals surface area (Å²) in [6.45, 7) is 2.37. The van der Waals surface area contributed by atoms with E-state index in [0.717, 1.165) is 30.2 Å². The molecule has 2 rings (SSSR count). The highest BCUT2D eigenvalue weighted by atomic mass is 19.1. The fourth-order valence-electron chi connectivity index (χ4n) is 2.66. The number of amides is 1. The van der Waals surface area contributed by atoms with Crippen molar-refractivity contribution in [2.45, 2.75) is 19.4 Å². The lowest BCUT2D eigenvalue weighted by atomic mass is 10.0. The molecule has 138 valence electrons. The first-order chi connectivity index (χ1) is 12.3. The standard InChI is InChI=1S/C19H22FN3O3/c1-4-13-5-7-14(8-6-13)18(22(2)3)12-21-19(24)16-10-9-15(23(25)26)11-17(16)20/h5-11,18H,4,12H2,1-3H3,(H,21,24). The van der Waals surface area contributed by atoms with Crippen molar-refractivity contribution in [3.05, 3.63) is 75.1 Å². The van der Waals surface area contributed by atoms with E-state index >= 15 is 0 Å². The van der Waals surface area contributed by atoms with Gasteiger partial charge in [0.05, 0.1) is 22.6 Å². The van der Waals surface area contributed by atoms with Gasteiger partial charge in [0.15, 0.2) is 0 Å². The highest BCUT2D eigenvalue weighted by molar-refractivity contribution is 5.94. The molecular formula is C19H22FN3O3. The van der Waals surface area contributed by atoms with Crippen LogP contribution in [0.25, 0.3) is 0 Å². The summed E-state index contributed by atoms with van der Waals surface area (Å²) in [6.07, 6.45) is 0.947. The first-order valence-corrected chi connectivity index (χ1v) is 8.31. The van der Waals surface area contributed by atoms with Crippen molar-refractivity contribution < 1.29 is 14.1 Å². The molecule has 0 spiro atoms. The minimum Gasteiger partial charge on any atom is -0.350 e. The molecule has 0 saturated carbocycles. The van der Waals surface area contributed by atoms with Crippen LogP contribution in [0.1, 0.15) is 34.5 Å². The zero-order valence-corrected chi connectivity index (χ0v) is 15.0. The van der Waals surface area contributed by atoms with Gasteiger partial charge >= 0.3 is 0 Å². The zero-order chi connectivity index (χ0) is 19.3. The van der Waals surface area contributed by atoms with Crippen LogP contribution in [0.5, 0.6) is 0 Å². The number of hydrogen-bond donors (Lipinski definition) is 1. The Bertz CT molecular complexity index is 791. The Balaban J connectivity index is 2.11. The molecule has 0 radical (unpaired) electrons. The van der Waals surface area contributed by atoms with Crippen molar-refractivity contribution in [2.24, 2.45) is 0 Å². The Morgan fingerprint density at radius 1 is 1.23 bits per heavy atom. The number of halogens is 1. The van der Waals surface area contributed by atoms with Crippen molar-refractivity contribution in [3.8, 4) is 0 Å². The maximum Gasteiger partial charge on any atom is 0.272 e. The molecule has 0 fully saturated rings. The molecule has 1 atom stereocenters. The minimum atomic E-state index is -0.912. The normalized spacial score (nSPS) is 12.0. The average Bonchev–Trinajstić information content (AvgIpc) is 2.61. The molecule has 1 amide bonds. The highest BCUT2D eigenvalue weighted by Crippen LogP contribution is 2.20. The molecule has 0 heterocycles. The van der Waals surface area contributed by atoms with Gasteiger partial charge in [-0.1, -0.05) is 31.2 Å². The maximum absolute atomic E-state index is 14.0. The minimum absolute atomic E-state index is 0.0778. The van der Waals surface area contributed by atoms with E-state index in [4.69, 9.17) is 0 Å². The van der Waals surface area contributed by atoms with Gasteiger partial charge in [0, 0.05) is 12.6 Å². The van der Waals surface area contributed by atoms with Crippen LogP contribution in [0.2, 0.25) is 0 Å². The Hall–Kier alpha value is -2.80. The quantitative estimate of drug-likeness (QED) is 0.608. The number of nitrogens with zero attached hydrogens (tertiary/aromatic N) is 2. The number of nitrogens with one attached hydrogen (secondary N) is 1. The number of carbonyl (C=O) groups is 1. The number of benzene rings is 2. The smallest absolute Gasteiger partial charge is 0.272 e. The number of non-ortho nitro benzene ring substituents is 1. The first-order valence-electron chi connectivity index (χ1n) is 8.31. The second-order valence-electron chi connectivity index (χ2n) is 6.21. The molecule has 26 heavy (non-hydrogen) atoms. The van der Waals surface area contributed by atoms with Crippen molar-refractivity contribution in [1.29, 1.82) is 0 Å². The summed E-state index contributed by atoms with van der Waals surface area (Å²) in [5.74, 6) is -1.51. The fourth-order valence-corrected chi connectivity index (χ4v) is 2.66. The van der Waals surface area contributed by atoms with Crippen LogP contribution >= 0.6 is 0 Å². The van der Waals surface area contributed by atoms with Gasteiger partial charge in [0.2, 0.25) is 0 Å². The van der Waals surface area contributed by atoms with E-state index in [1.54, 1.807) is 0 Å². The Morgan fingerprint density at radius 2 is 1.88 bits per heavy atom. The number of likely N-dealkylation sites (N-methyl/N-ethyl adjacent to an activating group) is 1. The summed E-state index contributed by atoms with van der Waals surface area (Å²) in [5.41, 5.74) is 1.66. The van der Waals surface area contributed by atoms with E-state index in [-0.39, 0.29) is 23.8 Å². The van der Waals surface area contributed by atoms with Gasteiger partial charge in [-0.15, -0.1) is 0 Å². The van der Waals surface area contributed by atoms with E-state index in [2.05, 4.69) is 12.2 Å². The SMILES string of the molecule is CCc1ccc(C(CNC(=O)c2ccc([N+](=O)[O-])cc2F)N(C)C)cc1. The second kappa shape index (κ2) is 8.53. The van der Waals surface area contributed by atoms with Crippen LogP contribution in [-0.2, 0) is 6.42 Å². The van der Waals surface area contributed by atoms with Crippen LogP contribution < -0.4 is 5.32 Å². The van der Waals surface area contributed by atoms with Crippen molar-refractivity contribution in [2.75, 3.05) is 20.6 Å². The number of aryl methyl sites for hydroxylation is 1. The summed E-state index contributed by atoms with van der Waals surface area (Å²) in [4.78, 5) is 24.2. The third kappa shape index (κ3) is 4.64. The topological polar surface area (TPSA) is 75.5 Å². The van der Waals surface area contributed by atoms with Crippen molar-refractivity contribution >= 4 is 11.6 Å². The molecule has 2 aromatic rings. The van der Waals surface area contributed by atoms with Crippen molar-refractivity contribution in [1.82, 2.24) is 10.2 Å². The van der Waals surface area contributed by atoms with Crippen LogP contribution in [-0.4, -0.2) is 36.4 Å². The molecule has 1 N–H and O–H groups in total. The molecule has 0 aliphatic carbocycles. The Morgan fingerprint density at radius 3 is 2.38 bits per heavy atom. The van der Waals surface area contributed by atoms with Gasteiger partial charge in [-0.2, -0.15) is 0 Å². The van der Waals surface area contributed by atoms with Gasteiger partial charge < -0.3 is 10.2 Å². The number of rotatable bonds is 7. The summed E-state index contributed by atoms with van der Waals surface area (Å²) in [6, 6.07) is 11.0. The molecular weight excluding hydrogens is 337 g/mol. The molecule has 7 heteroatoms.